The summed E-state index contributed by atoms with van der Waals surface area (Å²) in [5, 5.41) is 4.29. The largest absolute Gasteiger partial charge is 0.465 e. The highest BCUT2D eigenvalue weighted by Crippen LogP contribution is 2.28. The van der Waals surface area contributed by atoms with Gasteiger partial charge < -0.3 is 10.1 Å². The fourth-order valence-electron chi connectivity index (χ4n) is 2.62. The molecule has 1 heterocycles. The normalized spacial score (nSPS) is 22.4. The maximum absolute atomic E-state index is 11.5. The van der Waals surface area contributed by atoms with Gasteiger partial charge in [-0.2, -0.15) is 11.8 Å². The molecule has 1 saturated carbocycles. The summed E-state index contributed by atoms with van der Waals surface area (Å²) in [5.41, 5.74) is 1.24. The topological polar surface area (TPSA) is 51.2 Å². The first-order chi connectivity index (χ1) is 9.63. The van der Waals surface area contributed by atoms with E-state index in [1.54, 1.807) is 6.07 Å². The highest BCUT2D eigenvalue weighted by atomic mass is 32.2. The van der Waals surface area contributed by atoms with Crippen LogP contribution in [-0.4, -0.2) is 35.6 Å². The van der Waals surface area contributed by atoms with E-state index in [0.717, 1.165) is 11.1 Å². The fraction of sp³-hybridized carbons (Fsp3) is 0.600. The second-order valence-corrected chi connectivity index (χ2v) is 6.31. The van der Waals surface area contributed by atoms with Gasteiger partial charge in [0.15, 0.2) is 0 Å². The molecule has 1 fully saturated rings. The summed E-state index contributed by atoms with van der Waals surface area (Å²) in [5.74, 6) is 0.518. The molecule has 5 heteroatoms. The molecular formula is C15H22N2O2S. The monoisotopic (exact) mass is 294 g/mol. The summed E-state index contributed by atoms with van der Waals surface area (Å²) in [6.07, 6.45) is 7.08. The number of hydrogen-bond acceptors (Lipinski definition) is 5. The first-order valence-electron chi connectivity index (χ1n) is 6.99. The van der Waals surface area contributed by atoms with Crippen LogP contribution >= 0.6 is 11.8 Å². The summed E-state index contributed by atoms with van der Waals surface area (Å²) in [4.78, 5) is 16.0. The maximum Gasteiger partial charge on any atom is 0.339 e. The van der Waals surface area contributed by atoms with Crippen LogP contribution in [0.5, 0.6) is 0 Å². The highest BCUT2D eigenvalue weighted by molar-refractivity contribution is 7.99. The smallest absolute Gasteiger partial charge is 0.339 e. The molecule has 0 saturated heterocycles. The van der Waals surface area contributed by atoms with Gasteiger partial charge in [0.2, 0.25) is 0 Å². The number of nitrogens with one attached hydrogen (secondary N) is 1. The second-order valence-electron chi connectivity index (χ2n) is 5.17. The predicted molar refractivity (Wildman–Crippen MR) is 83.5 cm³/mol. The zero-order chi connectivity index (χ0) is 14.5. The molecule has 4 nitrogen and oxygen atoms in total. The molecule has 2 rings (SSSR count). The number of hydrogen-bond donors (Lipinski definition) is 1. The Bertz CT molecular complexity index is 471. The molecule has 0 aromatic carbocycles. The summed E-state index contributed by atoms with van der Waals surface area (Å²) in [6, 6.07) is 4.14. The van der Waals surface area contributed by atoms with Crippen molar-refractivity contribution < 1.29 is 9.53 Å². The zero-order valence-corrected chi connectivity index (χ0v) is 13.1. The van der Waals surface area contributed by atoms with Crippen molar-refractivity contribution in [2.24, 2.45) is 0 Å². The van der Waals surface area contributed by atoms with Crippen LogP contribution < -0.4 is 5.32 Å². The van der Waals surface area contributed by atoms with E-state index in [9.17, 15) is 4.79 Å². The Kier molecular flexibility index (Phi) is 5.29. The third kappa shape index (κ3) is 3.66. The molecule has 1 aromatic heterocycles. The number of carbonyl (C=O) groups excluding carboxylic acids is 1. The minimum absolute atomic E-state index is 0.331. The molecule has 0 unspecified atom stereocenters. The third-order valence-electron chi connectivity index (χ3n) is 3.85. The van der Waals surface area contributed by atoms with Crippen LogP contribution in [0, 0.1) is 6.92 Å². The number of nitrogens with zero attached hydrogens (tertiary/aromatic N) is 1. The molecular weight excluding hydrogens is 272 g/mol. The molecule has 0 aliphatic heterocycles. The average Bonchev–Trinajstić information content (AvgIpc) is 2.47. The van der Waals surface area contributed by atoms with Gasteiger partial charge in [0, 0.05) is 11.3 Å². The summed E-state index contributed by atoms with van der Waals surface area (Å²) in [7, 11) is 1.39. The number of esters is 1. The van der Waals surface area contributed by atoms with Crippen LogP contribution in [0.25, 0.3) is 0 Å². The lowest BCUT2D eigenvalue weighted by molar-refractivity contribution is 0.0599. The molecule has 110 valence electrons. The maximum atomic E-state index is 11.5. The van der Waals surface area contributed by atoms with Crippen LogP contribution in [0.15, 0.2) is 12.1 Å². The molecule has 0 spiro atoms. The average molecular weight is 294 g/mol. The van der Waals surface area contributed by atoms with Crippen molar-refractivity contribution in [2.75, 3.05) is 18.7 Å². The number of anilines is 1. The van der Waals surface area contributed by atoms with Gasteiger partial charge in [-0.15, -0.1) is 0 Å². The van der Waals surface area contributed by atoms with Gasteiger partial charge in [0.1, 0.15) is 5.82 Å². The Labute approximate surface area is 124 Å². The number of thioether (sulfide) groups is 1. The Balaban J connectivity index is 1.97. The van der Waals surface area contributed by atoms with Crippen molar-refractivity contribution in [3.05, 3.63) is 23.4 Å². The van der Waals surface area contributed by atoms with E-state index in [1.807, 2.05) is 24.8 Å². The van der Waals surface area contributed by atoms with Crippen molar-refractivity contribution in [3.63, 3.8) is 0 Å². The SMILES string of the molecule is COC(=O)c1ccc(NC2CCC(SC)CC2)nc1C. The number of pyridine rings is 1. The van der Waals surface area contributed by atoms with Gasteiger partial charge in [0.25, 0.3) is 0 Å². The van der Waals surface area contributed by atoms with E-state index in [0.29, 0.717) is 17.3 Å². The molecule has 0 atom stereocenters. The lowest BCUT2D eigenvalue weighted by Crippen LogP contribution is -2.27. The van der Waals surface area contributed by atoms with Gasteiger partial charge in [-0.05, 0) is 51.0 Å². The molecule has 0 amide bonds. The van der Waals surface area contributed by atoms with Gasteiger partial charge in [-0.25, -0.2) is 9.78 Å². The summed E-state index contributed by atoms with van der Waals surface area (Å²) >= 11 is 1.97. The number of aryl methyl sites for hydroxylation is 1. The van der Waals surface area contributed by atoms with Crippen molar-refractivity contribution in [1.82, 2.24) is 4.98 Å². The van der Waals surface area contributed by atoms with Crippen molar-refractivity contribution in [3.8, 4) is 0 Å². The Morgan fingerprint density at radius 2 is 2.05 bits per heavy atom. The predicted octanol–water partition coefficient (Wildman–Crippen LogP) is 3.26. The Morgan fingerprint density at radius 1 is 1.35 bits per heavy atom. The molecule has 0 bridgehead atoms. The highest BCUT2D eigenvalue weighted by Gasteiger charge is 2.20. The van der Waals surface area contributed by atoms with Crippen molar-refractivity contribution in [1.29, 1.82) is 0 Å². The van der Waals surface area contributed by atoms with E-state index < -0.39 is 0 Å². The van der Waals surface area contributed by atoms with Crippen LogP contribution in [0.2, 0.25) is 0 Å². The molecule has 1 N–H and O–H groups in total. The minimum Gasteiger partial charge on any atom is -0.465 e. The fourth-order valence-corrected chi connectivity index (χ4v) is 3.36. The standard InChI is InChI=1S/C15H22N2O2S/c1-10-13(15(18)19-2)8-9-14(16-10)17-11-4-6-12(20-3)7-5-11/h8-9,11-12H,4-7H2,1-3H3,(H,16,17). The zero-order valence-electron chi connectivity index (χ0n) is 12.3. The molecule has 0 radical (unpaired) electrons. The van der Waals surface area contributed by atoms with Gasteiger partial charge in [-0.1, -0.05) is 0 Å². The number of ether oxygens (including phenoxy) is 1. The van der Waals surface area contributed by atoms with Crippen LogP contribution in [0.4, 0.5) is 5.82 Å². The van der Waals surface area contributed by atoms with E-state index in [1.165, 1.54) is 32.8 Å². The third-order valence-corrected chi connectivity index (χ3v) is 4.99. The lowest BCUT2D eigenvalue weighted by atomic mass is 9.95. The number of methoxy groups -OCH3 is 1. The van der Waals surface area contributed by atoms with Crippen molar-refractivity contribution >= 4 is 23.5 Å². The summed E-state index contributed by atoms with van der Waals surface area (Å²) < 4.78 is 4.73. The second kappa shape index (κ2) is 6.97. The van der Waals surface area contributed by atoms with Gasteiger partial charge in [0.05, 0.1) is 18.4 Å². The van der Waals surface area contributed by atoms with Crippen LogP contribution in [0.1, 0.15) is 41.7 Å². The quantitative estimate of drug-likeness (QED) is 0.864. The number of aromatic nitrogens is 1. The molecule has 1 aliphatic rings. The Hall–Kier alpha value is -1.23. The first kappa shape index (κ1) is 15.2. The van der Waals surface area contributed by atoms with E-state index in [2.05, 4.69) is 16.6 Å². The van der Waals surface area contributed by atoms with Crippen LogP contribution in [-0.2, 0) is 4.74 Å². The molecule has 1 aromatic rings. The van der Waals surface area contributed by atoms with Crippen molar-refractivity contribution in [2.45, 2.75) is 43.9 Å². The van der Waals surface area contributed by atoms with Gasteiger partial charge >= 0.3 is 5.97 Å². The van der Waals surface area contributed by atoms with E-state index >= 15 is 0 Å². The number of rotatable bonds is 4. The summed E-state index contributed by atoms with van der Waals surface area (Å²) in [6.45, 7) is 1.84. The Morgan fingerprint density at radius 3 is 2.60 bits per heavy atom. The van der Waals surface area contributed by atoms with E-state index in [-0.39, 0.29) is 5.97 Å². The van der Waals surface area contributed by atoms with Gasteiger partial charge in [-0.3, -0.25) is 0 Å². The number of carbonyl (C=O) groups is 1. The van der Waals surface area contributed by atoms with E-state index in [4.69, 9.17) is 4.74 Å². The lowest BCUT2D eigenvalue weighted by Gasteiger charge is -2.28. The first-order valence-corrected chi connectivity index (χ1v) is 8.28. The minimum atomic E-state index is -0.331. The molecule has 20 heavy (non-hydrogen) atoms. The molecule has 1 aliphatic carbocycles. The van der Waals surface area contributed by atoms with Crippen LogP contribution in [0.3, 0.4) is 0 Å².